The number of halogens is 1. The number of hydrogen-bond acceptors (Lipinski definition) is 5. The maximum atomic E-state index is 12.3. The van der Waals surface area contributed by atoms with Crippen molar-refractivity contribution in [1.29, 1.82) is 0 Å². The Hall–Kier alpha value is -2.34. The number of rotatable bonds is 5. The minimum absolute atomic E-state index is 0.128. The number of aromatic nitrogens is 2. The fourth-order valence-corrected chi connectivity index (χ4v) is 2.75. The van der Waals surface area contributed by atoms with Gasteiger partial charge in [-0.25, -0.2) is 9.97 Å². The van der Waals surface area contributed by atoms with Crippen molar-refractivity contribution in [2.24, 2.45) is 0 Å². The predicted molar refractivity (Wildman–Crippen MR) is 92.9 cm³/mol. The molecule has 0 unspecified atom stereocenters. The van der Waals surface area contributed by atoms with Gasteiger partial charge < -0.3 is 14.4 Å². The highest BCUT2D eigenvalue weighted by atomic mass is 35.5. The van der Waals surface area contributed by atoms with Crippen LogP contribution in [-0.4, -0.2) is 30.1 Å². The number of amides is 1. The Morgan fingerprint density at radius 1 is 1.17 bits per heavy atom. The second-order valence-electron chi connectivity index (χ2n) is 5.31. The summed E-state index contributed by atoms with van der Waals surface area (Å²) in [4.78, 5) is 22.1. The molecule has 0 fully saturated rings. The minimum atomic E-state index is -0.128. The SMILES string of the molecule is COc1ncnc(OC)c1CN(C(C)=O)c1c(C)ccc(Cl)c1C. The fourth-order valence-electron chi connectivity index (χ4n) is 2.60. The van der Waals surface area contributed by atoms with Gasteiger partial charge in [0, 0.05) is 11.9 Å². The van der Waals surface area contributed by atoms with Crippen LogP contribution in [-0.2, 0) is 11.3 Å². The molecular formula is C17H20ClN3O3. The number of benzene rings is 1. The quantitative estimate of drug-likeness (QED) is 0.828. The standard InChI is InChI=1S/C17H20ClN3O3/c1-10-6-7-14(18)11(2)15(10)21(12(3)22)8-13-16(23-4)19-9-20-17(13)24-5/h6-7,9H,8H2,1-5H3. The summed E-state index contributed by atoms with van der Waals surface area (Å²) in [5.41, 5.74) is 3.14. The van der Waals surface area contributed by atoms with E-state index in [1.54, 1.807) is 4.90 Å². The van der Waals surface area contributed by atoms with E-state index >= 15 is 0 Å². The normalized spacial score (nSPS) is 10.4. The highest BCUT2D eigenvalue weighted by molar-refractivity contribution is 6.31. The van der Waals surface area contributed by atoms with Crippen LogP contribution in [0.5, 0.6) is 11.8 Å². The molecule has 0 aliphatic rings. The van der Waals surface area contributed by atoms with E-state index in [9.17, 15) is 4.79 Å². The third-order valence-corrected chi connectivity index (χ3v) is 4.20. The van der Waals surface area contributed by atoms with Gasteiger partial charge in [-0.05, 0) is 31.0 Å². The third kappa shape index (κ3) is 3.43. The molecule has 1 aromatic heterocycles. The number of carbonyl (C=O) groups excluding carboxylic acids is 1. The van der Waals surface area contributed by atoms with E-state index in [0.29, 0.717) is 22.3 Å². The molecule has 1 amide bonds. The molecule has 7 heteroatoms. The third-order valence-electron chi connectivity index (χ3n) is 3.79. The first kappa shape index (κ1) is 18.0. The van der Waals surface area contributed by atoms with Gasteiger partial charge in [-0.3, -0.25) is 4.79 Å². The monoisotopic (exact) mass is 349 g/mol. The second-order valence-corrected chi connectivity index (χ2v) is 5.72. The van der Waals surface area contributed by atoms with E-state index < -0.39 is 0 Å². The lowest BCUT2D eigenvalue weighted by Crippen LogP contribution is -2.30. The van der Waals surface area contributed by atoms with Crippen LogP contribution in [0, 0.1) is 13.8 Å². The zero-order valence-electron chi connectivity index (χ0n) is 14.4. The largest absolute Gasteiger partial charge is 0.481 e. The molecule has 0 aliphatic heterocycles. The van der Waals surface area contributed by atoms with Crippen LogP contribution in [0.2, 0.25) is 5.02 Å². The van der Waals surface area contributed by atoms with Crippen molar-refractivity contribution < 1.29 is 14.3 Å². The number of ether oxygens (including phenoxy) is 2. The summed E-state index contributed by atoms with van der Waals surface area (Å²) in [6.45, 7) is 5.54. The van der Waals surface area contributed by atoms with Gasteiger partial charge in [0.05, 0.1) is 32.0 Å². The molecule has 128 valence electrons. The van der Waals surface area contributed by atoms with Gasteiger partial charge in [-0.15, -0.1) is 0 Å². The summed E-state index contributed by atoms with van der Waals surface area (Å²) in [6.07, 6.45) is 1.36. The first-order valence-corrected chi connectivity index (χ1v) is 7.74. The topological polar surface area (TPSA) is 64.6 Å². The Balaban J connectivity index is 2.57. The predicted octanol–water partition coefficient (Wildman–Crippen LogP) is 3.32. The van der Waals surface area contributed by atoms with Crippen LogP contribution in [0.15, 0.2) is 18.5 Å². The minimum Gasteiger partial charge on any atom is -0.481 e. The smallest absolute Gasteiger partial charge is 0.225 e. The number of nitrogens with zero attached hydrogens (tertiary/aromatic N) is 3. The van der Waals surface area contributed by atoms with Crippen molar-refractivity contribution in [2.45, 2.75) is 27.3 Å². The molecule has 2 aromatic rings. The summed E-state index contributed by atoms with van der Waals surface area (Å²) in [5, 5.41) is 0.602. The van der Waals surface area contributed by atoms with Gasteiger partial charge in [-0.1, -0.05) is 17.7 Å². The van der Waals surface area contributed by atoms with Crippen molar-refractivity contribution in [3.05, 3.63) is 40.2 Å². The van der Waals surface area contributed by atoms with E-state index in [2.05, 4.69) is 9.97 Å². The maximum absolute atomic E-state index is 12.3. The van der Waals surface area contributed by atoms with E-state index in [-0.39, 0.29) is 12.5 Å². The second kappa shape index (κ2) is 7.49. The van der Waals surface area contributed by atoms with Crippen molar-refractivity contribution in [3.63, 3.8) is 0 Å². The molecule has 6 nitrogen and oxygen atoms in total. The maximum Gasteiger partial charge on any atom is 0.225 e. The van der Waals surface area contributed by atoms with E-state index in [1.807, 2.05) is 26.0 Å². The summed E-state index contributed by atoms with van der Waals surface area (Å²) < 4.78 is 10.6. The van der Waals surface area contributed by atoms with Gasteiger partial charge in [0.1, 0.15) is 6.33 Å². The van der Waals surface area contributed by atoms with Crippen LogP contribution in [0.1, 0.15) is 23.6 Å². The van der Waals surface area contributed by atoms with Crippen LogP contribution in [0.25, 0.3) is 0 Å². The molecule has 2 rings (SSSR count). The average Bonchev–Trinajstić information content (AvgIpc) is 2.57. The van der Waals surface area contributed by atoms with Gasteiger partial charge in [0.25, 0.3) is 0 Å². The number of carbonyl (C=O) groups is 1. The molecule has 1 heterocycles. The molecule has 0 saturated heterocycles. The molecule has 1 aromatic carbocycles. The first-order chi connectivity index (χ1) is 11.4. The molecule has 0 N–H and O–H groups in total. The molecule has 24 heavy (non-hydrogen) atoms. The lowest BCUT2D eigenvalue weighted by Gasteiger charge is -2.26. The lowest BCUT2D eigenvalue weighted by atomic mass is 10.1. The van der Waals surface area contributed by atoms with Crippen molar-refractivity contribution in [1.82, 2.24) is 9.97 Å². The molecule has 0 radical (unpaired) electrons. The van der Waals surface area contributed by atoms with E-state index in [4.69, 9.17) is 21.1 Å². The van der Waals surface area contributed by atoms with Gasteiger partial charge in [0.2, 0.25) is 17.7 Å². The molecule has 0 atom stereocenters. The van der Waals surface area contributed by atoms with Crippen LogP contribution < -0.4 is 14.4 Å². The van der Waals surface area contributed by atoms with Crippen LogP contribution in [0.4, 0.5) is 5.69 Å². The number of methoxy groups -OCH3 is 2. The number of anilines is 1. The van der Waals surface area contributed by atoms with Crippen LogP contribution >= 0.6 is 11.6 Å². The summed E-state index contributed by atoms with van der Waals surface area (Å²) in [7, 11) is 3.03. The zero-order chi connectivity index (χ0) is 17.9. The van der Waals surface area contributed by atoms with E-state index in [1.165, 1.54) is 27.5 Å². The molecular weight excluding hydrogens is 330 g/mol. The van der Waals surface area contributed by atoms with Crippen LogP contribution in [0.3, 0.4) is 0 Å². The highest BCUT2D eigenvalue weighted by Crippen LogP contribution is 2.34. The molecule has 0 spiro atoms. The molecule has 0 aliphatic carbocycles. The van der Waals surface area contributed by atoms with Crippen molar-refractivity contribution >= 4 is 23.2 Å². The Bertz CT molecular complexity index is 743. The average molecular weight is 350 g/mol. The Labute approximate surface area is 146 Å². The highest BCUT2D eigenvalue weighted by Gasteiger charge is 2.23. The Morgan fingerprint density at radius 2 is 1.75 bits per heavy atom. The zero-order valence-corrected chi connectivity index (χ0v) is 15.1. The van der Waals surface area contributed by atoms with E-state index in [0.717, 1.165) is 16.8 Å². The summed E-state index contributed by atoms with van der Waals surface area (Å²) in [5.74, 6) is 0.604. The van der Waals surface area contributed by atoms with Gasteiger partial charge >= 0.3 is 0 Å². The van der Waals surface area contributed by atoms with Gasteiger partial charge in [-0.2, -0.15) is 0 Å². The lowest BCUT2D eigenvalue weighted by molar-refractivity contribution is -0.116. The molecule has 0 saturated carbocycles. The number of aryl methyl sites for hydroxylation is 1. The van der Waals surface area contributed by atoms with Gasteiger partial charge in [0.15, 0.2) is 0 Å². The van der Waals surface area contributed by atoms with Crippen molar-refractivity contribution in [3.8, 4) is 11.8 Å². The summed E-state index contributed by atoms with van der Waals surface area (Å²) >= 11 is 6.24. The van der Waals surface area contributed by atoms with Crippen molar-refractivity contribution in [2.75, 3.05) is 19.1 Å². The Kier molecular flexibility index (Phi) is 5.62. The Morgan fingerprint density at radius 3 is 2.25 bits per heavy atom. The fraction of sp³-hybridized carbons (Fsp3) is 0.353. The number of hydrogen-bond donors (Lipinski definition) is 0. The first-order valence-electron chi connectivity index (χ1n) is 7.36. The molecule has 0 bridgehead atoms. The summed E-state index contributed by atoms with van der Waals surface area (Å²) in [6, 6.07) is 3.71.